The zero-order valence-corrected chi connectivity index (χ0v) is 12.9. The second-order valence-corrected chi connectivity index (χ2v) is 5.65. The van der Waals surface area contributed by atoms with Crippen LogP contribution in [0.3, 0.4) is 0 Å². The Bertz CT molecular complexity index is 458. The molecular formula is C15H22ClN3O. The van der Waals surface area contributed by atoms with E-state index >= 15 is 0 Å². The van der Waals surface area contributed by atoms with Gasteiger partial charge in [-0.1, -0.05) is 18.2 Å². The molecule has 4 nitrogen and oxygen atoms in total. The molecule has 0 radical (unpaired) electrons. The van der Waals surface area contributed by atoms with Crippen molar-refractivity contribution in [3.8, 4) is 0 Å². The molecule has 2 unspecified atom stereocenters. The van der Waals surface area contributed by atoms with Gasteiger partial charge in [0.25, 0.3) is 0 Å². The molecule has 2 aliphatic rings. The van der Waals surface area contributed by atoms with Gasteiger partial charge in [-0.05, 0) is 32.7 Å². The van der Waals surface area contributed by atoms with Crippen molar-refractivity contribution in [1.29, 1.82) is 0 Å². The van der Waals surface area contributed by atoms with E-state index in [0.29, 0.717) is 11.2 Å². The van der Waals surface area contributed by atoms with Gasteiger partial charge in [0, 0.05) is 31.0 Å². The molecule has 0 saturated carbocycles. The Labute approximate surface area is 126 Å². The predicted molar refractivity (Wildman–Crippen MR) is 83.9 cm³/mol. The summed E-state index contributed by atoms with van der Waals surface area (Å²) in [5.41, 5.74) is 2.28. The number of likely N-dealkylation sites (tertiary alicyclic amines) is 1. The van der Waals surface area contributed by atoms with E-state index < -0.39 is 0 Å². The van der Waals surface area contributed by atoms with Gasteiger partial charge in [-0.2, -0.15) is 0 Å². The molecule has 0 bridgehead atoms. The molecule has 0 aromatic heterocycles. The standard InChI is InChI=1S/C15H22ClN3O/c1-11(2)18-9-13-14(10-18)20-8-7-19(13)12(3)5-6-15(16)17-4/h5-6,13-14H,1,4,7-10H2,2-3H3/b12-5+,15-6-. The number of fused-ring (bicyclic) bond motifs is 1. The van der Waals surface area contributed by atoms with E-state index in [4.69, 9.17) is 16.3 Å². The van der Waals surface area contributed by atoms with Crippen molar-refractivity contribution in [2.75, 3.05) is 26.2 Å². The highest BCUT2D eigenvalue weighted by Crippen LogP contribution is 2.27. The summed E-state index contributed by atoms with van der Waals surface area (Å²) in [5.74, 6) is 0. The number of hydrogen-bond acceptors (Lipinski definition) is 4. The van der Waals surface area contributed by atoms with Crippen LogP contribution < -0.4 is 0 Å². The van der Waals surface area contributed by atoms with Gasteiger partial charge in [0.05, 0.1) is 18.8 Å². The van der Waals surface area contributed by atoms with E-state index in [1.807, 2.05) is 13.0 Å². The first-order valence-corrected chi connectivity index (χ1v) is 7.20. The maximum absolute atomic E-state index is 5.89. The Balaban J connectivity index is 2.11. The zero-order valence-electron chi connectivity index (χ0n) is 12.2. The largest absolute Gasteiger partial charge is 0.372 e. The first-order valence-electron chi connectivity index (χ1n) is 6.82. The lowest BCUT2D eigenvalue weighted by molar-refractivity contribution is -0.0335. The first kappa shape index (κ1) is 15.1. The molecule has 20 heavy (non-hydrogen) atoms. The molecule has 0 spiro atoms. The topological polar surface area (TPSA) is 28.1 Å². The van der Waals surface area contributed by atoms with Crippen LogP contribution in [-0.2, 0) is 4.74 Å². The summed E-state index contributed by atoms with van der Waals surface area (Å²) in [5, 5.41) is 0.407. The second-order valence-electron chi connectivity index (χ2n) is 5.27. The van der Waals surface area contributed by atoms with Gasteiger partial charge < -0.3 is 14.5 Å². The number of hydrogen-bond donors (Lipinski definition) is 0. The third-order valence-corrected chi connectivity index (χ3v) is 4.15. The van der Waals surface area contributed by atoms with E-state index in [2.05, 4.69) is 35.0 Å². The zero-order chi connectivity index (χ0) is 14.7. The molecule has 2 aliphatic heterocycles. The number of halogens is 1. The van der Waals surface area contributed by atoms with Crippen molar-refractivity contribution in [3.63, 3.8) is 0 Å². The molecule has 0 aromatic carbocycles. The quantitative estimate of drug-likeness (QED) is 0.453. The van der Waals surface area contributed by atoms with Crippen molar-refractivity contribution < 1.29 is 4.74 Å². The van der Waals surface area contributed by atoms with E-state index in [1.54, 1.807) is 6.08 Å². The molecule has 5 heteroatoms. The van der Waals surface area contributed by atoms with E-state index in [1.165, 1.54) is 5.70 Å². The Morgan fingerprint density at radius 3 is 2.75 bits per heavy atom. The van der Waals surface area contributed by atoms with Gasteiger partial charge in [0.15, 0.2) is 0 Å². The van der Waals surface area contributed by atoms with Crippen LogP contribution in [0.25, 0.3) is 0 Å². The van der Waals surface area contributed by atoms with Crippen LogP contribution in [0.4, 0.5) is 0 Å². The van der Waals surface area contributed by atoms with Crippen molar-refractivity contribution in [1.82, 2.24) is 9.80 Å². The minimum Gasteiger partial charge on any atom is -0.372 e. The number of nitrogens with zero attached hydrogens (tertiary/aromatic N) is 3. The molecular weight excluding hydrogens is 274 g/mol. The van der Waals surface area contributed by atoms with Crippen LogP contribution >= 0.6 is 11.6 Å². The average molecular weight is 296 g/mol. The monoisotopic (exact) mass is 295 g/mol. The molecule has 110 valence electrons. The lowest BCUT2D eigenvalue weighted by atomic mass is 10.1. The summed E-state index contributed by atoms with van der Waals surface area (Å²) in [6.45, 7) is 15.1. The summed E-state index contributed by atoms with van der Waals surface area (Å²) in [6.07, 6.45) is 4.02. The lowest BCUT2D eigenvalue weighted by Gasteiger charge is -2.38. The third kappa shape index (κ3) is 3.25. The minimum absolute atomic E-state index is 0.251. The fraction of sp³-hybridized carbons (Fsp3) is 0.533. The maximum atomic E-state index is 5.89. The highest BCUT2D eigenvalue weighted by atomic mass is 35.5. The summed E-state index contributed by atoms with van der Waals surface area (Å²) >= 11 is 5.85. The normalized spacial score (nSPS) is 27.6. The number of rotatable bonds is 4. The smallest absolute Gasteiger partial charge is 0.128 e. The fourth-order valence-corrected chi connectivity index (χ4v) is 2.84. The summed E-state index contributed by atoms with van der Waals surface area (Å²) in [4.78, 5) is 8.35. The molecule has 2 rings (SSSR count). The molecule has 0 aromatic rings. The van der Waals surface area contributed by atoms with Crippen LogP contribution in [0.15, 0.2) is 40.3 Å². The van der Waals surface area contributed by atoms with E-state index in [9.17, 15) is 0 Å². The van der Waals surface area contributed by atoms with Crippen LogP contribution in [0, 0.1) is 0 Å². The highest BCUT2D eigenvalue weighted by molar-refractivity contribution is 6.29. The Morgan fingerprint density at radius 1 is 1.35 bits per heavy atom. The van der Waals surface area contributed by atoms with Gasteiger partial charge in [-0.15, -0.1) is 0 Å². The predicted octanol–water partition coefficient (Wildman–Crippen LogP) is 2.59. The van der Waals surface area contributed by atoms with Crippen molar-refractivity contribution in [2.45, 2.75) is 26.0 Å². The molecule has 0 aliphatic carbocycles. The van der Waals surface area contributed by atoms with Crippen molar-refractivity contribution >= 4 is 18.3 Å². The Morgan fingerprint density at radius 2 is 2.10 bits per heavy atom. The Hall–Kier alpha value is -1.26. The average Bonchev–Trinajstić information content (AvgIpc) is 2.88. The number of morpholine rings is 1. The molecule has 2 fully saturated rings. The summed E-state index contributed by atoms with van der Waals surface area (Å²) in [7, 11) is 0. The minimum atomic E-state index is 0.251. The third-order valence-electron chi connectivity index (χ3n) is 3.91. The SMILES string of the molecule is C=N/C(Cl)=C\C=C(/C)N1CCOC2CN(C(=C)C)CC21. The highest BCUT2D eigenvalue weighted by Gasteiger charge is 2.39. The van der Waals surface area contributed by atoms with Gasteiger partial charge >= 0.3 is 0 Å². The van der Waals surface area contributed by atoms with Gasteiger partial charge in [-0.3, -0.25) is 4.99 Å². The Kier molecular flexibility index (Phi) is 4.89. The molecule has 2 atom stereocenters. The number of ether oxygens (including phenoxy) is 1. The van der Waals surface area contributed by atoms with Crippen LogP contribution in [-0.4, -0.2) is 54.9 Å². The van der Waals surface area contributed by atoms with Crippen LogP contribution in [0.1, 0.15) is 13.8 Å². The molecule has 0 amide bonds. The van der Waals surface area contributed by atoms with Crippen LogP contribution in [0.2, 0.25) is 0 Å². The first-order chi connectivity index (χ1) is 9.52. The molecule has 2 saturated heterocycles. The summed E-state index contributed by atoms with van der Waals surface area (Å²) < 4.78 is 5.89. The molecule has 0 N–H and O–H groups in total. The van der Waals surface area contributed by atoms with E-state index in [0.717, 1.165) is 31.9 Å². The second kappa shape index (κ2) is 6.46. The summed E-state index contributed by atoms with van der Waals surface area (Å²) in [6, 6.07) is 0.376. The van der Waals surface area contributed by atoms with E-state index in [-0.39, 0.29) is 6.10 Å². The van der Waals surface area contributed by atoms with Crippen LogP contribution in [0.5, 0.6) is 0 Å². The number of allylic oxidation sites excluding steroid dienone is 4. The fourth-order valence-electron chi connectivity index (χ4n) is 2.78. The van der Waals surface area contributed by atoms with Gasteiger partial charge in [0.2, 0.25) is 0 Å². The molecule has 2 heterocycles. The number of aliphatic imine (C=N–C) groups is 1. The van der Waals surface area contributed by atoms with Gasteiger partial charge in [-0.25, -0.2) is 0 Å². The van der Waals surface area contributed by atoms with Gasteiger partial charge in [0.1, 0.15) is 5.16 Å². The lowest BCUT2D eigenvalue weighted by Crippen LogP contribution is -2.49. The maximum Gasteiger partial charge on any atom is 0.128 e. The van der Waals surface area contributed by atoms with Crippen molar-refractivity contribution in [2.24, 2.45) is 4.99 Å². The van der Waals surface area contributed by atoms with Crippen molar-refractivity contribution in [3.05, 3.63) is 35.3 Å².